The molecule has 172 valence electrons. The van der Waals surface area contributed by atoms with Crippen molar-refractivity contribution in [3.8, 4) is 22.6 Å². The average molecular weight is 447 g/mol. The predicted octanol–water partition coefficient (Wildman–Crippen LogP) is 4.84. The summed E-state index contributed by atoms with van der Waals surface area (Å²) in [5.41, 5.74) is 3.21. The van der Waals surface area contributed by atoms with Crippen molar-refractivity contribution in [2.24, 2.45) is 0 Å². The first-order chi connectivity index (χ1) is 16.2. The summed E-state index contributed by atoms with van der Waals surface area (Å²) in [5.74, 6) is 1.87. The van der Waals surface area contributed by atoms with E-state index in [1.807, 2.05) is 30.3 Å². The van der Waals surface area contributed by atoms with Crippen molar-refractivity contribution in [3.05, 3.63) is 66.0 Å². The highest BCUT2D eigenvalue weighted by molar-refractivity contribution is 5.95. The van der Waals surface area contributed by atoms with E-state index in [9.17, 15) is 4.79 Å². The van der Waals surface area contributed by atoms with Gasteiger partial charge in [-0.1, -0.05) is 31.4 Å². The molecule has 0 radical (unpaired) electrons. The van der Waals surface area contributed by atoms with Crippen LogP contribution in [0.4, 0.5) is 5.95 Å². The summed E-state index contributed by atoms with van der Waals surface area (Å²) in [7, 11) is 3.21. The standard InChI is InChI=1S/C26H30N4O3/c1-32-23-12-11-20(24(14-23)33-2)15-27-25(31)19-8-6-7-18(13-19)21-16-28-26(29-17-21)30-22-9-4-3-5-10-22/h6-8,11-14,16-17,22H,3-5,9-10,15H2,1-2H3,(H,27,31)(H,28,29,30). The van der Waals surface area contributed by atoms with Gasteiger partial charge in [0.25, 0.3) is 5.91 Å². The molecule has 1 heterocycles. The fourth-order valence-electron chi connectivity index (χ4n) is 4.10. The molecular formula is C26H30N4O3. The van der Waals surface area contributed by atoms with Gasteiger partial charge in [-0.05, 0) is 42.7 Å². The maximum absolute atomic E-state index is 12.8. The van der Waals surface area contributed by atoms with Gasteiger partial charge in [0.1, 0.15) is 11.5 Å². The van der Waals surface area contributed by atoms with Crippen LogP contribution in [0, 0.1) is 0 Å². The van der Waals surface area contributed by atoms with Crippen molar-refractivity contribution in [1.29, 1.82) is 0 Å². The molecule has 7 nitrogen and oxygen atoms in total. The first kappa shape index (κ1) is 22.6. The number of carbonyl (C=O) groups excluding carboxylic acids is 1. The Morgan fingerprint density at radius 3 is 2.48 bits per heavy atom. The van der Waals surface area contributed by atoms with Crippen LogP contribution in [0.1, 0.15) is 48.0 Å². The molecule has 3 aromatic rings. The first-order valence-corrected chi connectivity index (χ1v) is 11.3. The third kappa shape index (κ3) is 5.80. The van der Waals surface area contributed by atoms with E-state index in [1.54, 1.807) is 38.7 Å². The summed E-state index contributed by atoms with van der Waals surface area (Å²) >= 11 is 0. The minimum atomic E-state index is -0.161. The van der Waals surface area contributed by atoms with E-state index in [0.717, 1.165) is 16.7 Å². The first-order valence-electron chi connectivity index (χ1n) is 11.3. The Morgan fingerprint density at radius 1 is 0.970 bits per heavy atom. The lowest BCUT2D eigenvalue weighted by molar-refractivity contribution is 0.0950. The van der Waals surface area contributed by atoms with Gasteiger partial charge in [0, 0.05) is 47.7 Å². The molecule has 0 spiro atoms. The Bertz CT molecular complexity index is 1080. The van der Waals surface area contributed by atoms with E-state index in [1.165, 1.54) is 32.1 Å². The molecule has 1 aromatic heterocycles. The third-order valence-electron chi connectivity index (χ3n) is 5.98. The average Bonchev–Trinajstić information content (AvgIpc) is 2.88. The van der Waals surface area contributed by atoms with Crippen LogP contribution in [0.25, 0.3) is 11.1 Å². The number of carbonyl (C=O) groups is 1. The fraction of sp³-hybridized carbons (Fsp3) is 0.346. The van der Waals surface area contributed by atoms with Crippen LogP contribution in [0.5, 0.6) is 11.5 Å². The summed E-state index contributed by atoms with van der Waals surface area (Å²) in [4.78, 5) is 21.8. The molecule has 1 saturated carbocycles. The van der Waals surface area contributed by atoms with E-state index in [2.05, 4.69) is 20.6 Å². The number of rotatable bonds is 8. The number of hydrogen-bond donors (Lipinski definition) is 2. The zero-order valence-electron chi connectivity index (χ0n) is 19.1. The third-order valence-corrected chi connectivity index (χ3v) is 5.98. The van der Waals surface area contributed by atoms with Crippen molar-refractivity contribution in [2.75, 3.05) is 19.5 Å². The fourth-order valence-corrected chi connectivity index (χ4v) is 4.10. The number of ether oxygens (including phenoxy) is 2. The Hall–Kier alpha value is -3.61. The molecule has 1 fully saturated rings. The molecule has 2 aromatic carbocycles. The minimum absolute atomic E-state index is 0.161. The number of amides is 1. The minimum Gasteiger partial charge on any atom is -0.497 e. The Labute approximate surface area is 194 Å². The van der Waals surface area contributed by atoms with Gasteiger partial charge in [-0.15, -0.1) is 0 Å². The largest absolute Gasteiger partial charge is 0.497 e. The van der Waals surface area contributed by atoms with E-state index < -0.39 is 0 Å². The number of benzene rings is 2. The highest BCUT2D eigenvalue weighted by Gasteiger charge is 2.14. The van der Waals surface area contributed by atoms with Crippen molar-refractivity contribution in [1.82, 2.24) is 15.3 Å². The zero-order valence-corrected chi connectivity index (χ0v) is 19.1. The van der Waals surface area contributed by atoms with Crippen LogP contribution in [0.15, 0.2) is 54.9 Å². The van der Waals surface area contributed by atoms with Crippen LogP contribution >= 0.6 is 0 Å². The van der Waals surface area contributed by atoms with Gasteiger partial charge < -0.3 is 20.1 Å². The maximum atomic E-state index is 12.8. The summed E-state index contributed by atoms with van der Waals surface area (Å²) in [6.07, 6.45) is 9.78. The molecule has 0 aliphatic heterocycles. The quantitative estimate of drug-likeness (QED) is 0.515. The topological polar surface area (TPSA) is 85.4 Å². The lowest BCUT2D eigenvalue weighted by atomic mass is 9.96. The monoisotopic (exact) mass is 446 g/mol. The van der Waals surface area contributed by atoms with Gasteiger partial charge in [-0.3, -0.25) is 4.79 Å². The van der Waals surface area contributed by atoms with Crippen LogP contribution < -0.4 is 20.1 Å². The van der Waals surface area contributed by atoms with Gasteiger partial charge in [0.15, 0.2) is 0 Å². The predicted molar refractivity (Wildman–Crippen MR) is 129 cm³/mol. The second-order valence-electron chi connectivity index (χ2n) is 8.22. The van der Waals surface area contributed by atoms with Crippen molar-refractivity contribution < 1.29 is 14.3 Å². The molecule has 1 aliphatic rings. The summed E-state index contributed by atoms with van der Waals surface area (Å²) in [5, 5.41) is 6.39. The number of nitrogens with zero attached hydrogens (tertiary/aromatic N) is 2. The molecular weight excluding hydrogens is 416 g/mol. The Morgan fingerprint density at radius 2 is 1.76 bits per heavy atom. The molecule has 1 amide bonds. The van der Waals surface area contributed by atoms with Gasteiger partial charge in [-0.25, -0.2) is 9.97 Å². The second-order valence-corrected chi connectivity index (χ2v) is 8.22. The molecule has 0 bridgehead atoms. The normalized spacial score (nSPS) is 13.9. The van der Waals surface area contributed by atoms with Crippen LogP contribution in [-0.4, -0.2) is 36.1 Å². The molecule has 0 atom stereocenters. The second kappa shape index (κ2) is 10.8. The molecule has 1 aliphatic carbocycles. The number of methoxy groups -OCH3 is 2. The highest BCUT2D eigenvalue weighted by atomic mass is 16.5. The number of anilines is 1. The lowest BCUT2D eigenvalue weighted by Gasteiger charge is -2.22. The van der Waals surface area contributed by atoms with Gasteiger partial charge >= 0.3 is 0 Å². The van der Waals surface area contributed by atoms with Crippen LogP contribution in [0.3, 0.4) is 0 Å². The molecule has 0 unspecified atom stereocenters. The maximum Gasteiger partial charge on any atom is 0.251 e. The van der Waals surface area contributed by atoms with Crippen molar-refractivity contribution >= 4 is 11.9 Å². The van der Waals surface area contributed by atoms with Crippen molar-refractivity contribution in [3.63, 3.8) is 0 Å². The Balaban J connectivity index is 1.40. The van der Waals surface area contributed by atoms with Crippen LogP contribution in [0.2, 0.25) is 0 Å². The van der Waals surface area contributed by atoms with Crippen LogP contribution in [-0.2, 0) is 6.54 Å². The molecule has 0 saturated heterocycles. The summed E-state index contributed by atoms with van der Waals surface area (Å²) in [6.45, 7) is 0.348. The highest BCUT2D eigenvalue weighted by Crippen LogP contribution is 2.25. The smallest absolute Gasteiger partial charge is 0.251 e. The molecule has 2 N–H and O–H groups in total. The molecule has 33 heavy (non-hydrogen) atoms. The van der Waals surface area contributed by atoms with Gasteiger partial charge in [-0.2, -0.15) is 0 Å². The van der Waals surface area contributed by atoms with E-state index in [4.69, 9.17) is 9.47 Å². The van der Waals surface area contributed by atoms with E-state index >= 15 is 0 Å². The zero-order chi connectivity index (χ0) is 23.0. The molecule has 7 heteroatoms. The molecule has 4 rings (SSSR count). The number of aromatic nitrogens is 2. The summed E-state index contributed by atoms with van der Waals surface area (Å²) in [6, 6.07) is 13.5. The number of nitrogens with one attached hydrogen (secondary N) is 2. The lowest BCUT2D eigenvalue weighted by Crippen LogP contribution is -2.23. The SMILES string of the molecule is COc1ccc(CNC(=O)c2cccc(-c3cnc(NC4CCCCC4)nc3)c2)c(OC)c1. The Kier molecular flexibility index (Phi) is 7.40. The summed E-state index contributed by atoms with van der Waals surface area (Å²) < 4.78 is 10.6. The van der Waals surface area contributed by atoms with E-state index in [0.29, 0.717) is 35.6 Å². The van der Waals surface area contributed by atoms with Crippen molar-refractivity contribution in [2.45, 2.75) is 44.7 Å². The number of hydrogen-bond acceptors (Lipinski definition) is 6. The van der Waals surface area contributed by atoms with E-state index in [-0.39, 0.29) is 5.91 Å². The van der Waals surface area contributed by atoms with Gasteiger partial charge in [0.2, 0.25) is 5.95 Å². The van der Waals surface area contributed by atoms with Gasteiger partial charge in [0.05, 0.1) is 14.2 Å².